The van der Waals surface area contributed by atoms with Crippen LogP contribution in [0.1, 0.15) is 18.2 Å². The highest BCUT2D eigenvalue weighted by molar-refractivity contribution is 5.64. The molecule has 0 atom stereocenters. The van der Waals surface area contributed by atoms with Gasteiger partial charge in [0, 0.05) is 23.4 Å². The van der Waals surface area contributed by atoms with Crippen molar-refractivity contribution in [2.24, 2.45) is 0 Å². The molecule has 1 N–H and O–H groups in total. The molecule has 1 aromatic carbocycles. The van der Waals surface area contributed by atoms with Crippen LogP contribution in [0.3, 0.4) is 0 Å². The summed E-state index contributed by atoms with van der Waals surface area (Å²) in [4.78, 5) is 9.16. The molecule has 2 aromatic rings. The molecule has 0 aliphatic carbocycles. The summed E-state index contributed by atoms with van der Waals surface area (Å²) < 4.78 is 10.7. The molecule has 1 aliphatic rings. The third-order valence-electron chi connectivity index (χ3n) is 3.36. The van der Waals surface area contributed by atoms with E-state index in [1.54, 1.807) is 0 Å². The summed E-state index contributed by atoms with van der Waals surface area (Å²) in [5.74, 6) is 3.09. The molecule has 0 unspecified atom stereocenters. The maximum atomic E-state index is 5.40. The van der Waals surface area contributed by atoms with E-state index in [0.29, 0.717) is 5.82 Å². The number of rotatable bonds is 3. The van der Waals surface area contributed by atoms with Gasteiger partial charge < -0.3 is 14.8 Å². The van der Waals surface area contributed by atoms with E-state index in [1.165, 1.54) is 0 Å². The van der Waals surface area contributed by atoms with Crippen LogP contribution >= 0.6 is 0 Å². The first-order chi connectivity index (χ1) is 9.69. The van der Waals surface area contributed by atoms with E-state index in [-0.39, 0.29) is 6.79 Å². The van der Waals surface area contributed by atoms with Crippen molar-refractivity contribution >= 4 is 5.82 Å². The molecule has 0 amide bonds. The van der Waals surface area contributed by atoms with Gasteiger partial charge in [0.1, 0.15) is 5.82 Å². The van der Waals surface area contributed by atoms with Crippen molar-refractivity contribution in [3.8, 4) is 22.9 Å². The third-order valence-corrected chi connectivity index (χ3v) is 3.36. The Hall–Kier alpha value is -2.30. The Morgan fingerprint density at radius 3 is 2.75 bits per heavy atom. The summed E-state index contributed by atoms with van der Waals surface area (Å²) >= 11 is 0. The Bertz CT molecular complexity index is 656. The maximum Gasteiger partial charge on any atom is 0.231 e. The quantitative estimate of drug-likeness (QED) is 0.930. The molecule has 104 valence electrons. The summed E-state index contributed by atoms with van der Waals surface area (Å²) in [6.07, 6.45) is 0. The number of fused-ring (bicyclic) bond motifs is 1. The first-order valence-electron chi connectivity index (χ1n) is 6.68. The van der Waals surface area contributed by atoms with Crippen molar-refractivity contribution < 1.29 is 9.47 Å². The lowest BCUT2D eigenvalue weighted by Gasteiger charge is -2.11. The smallest absolute Gasteiger partial charge is 0.231 e. The predicted molar refractivity (Wildman–Crippen MR) is 77.2 cm³/mol. The van der Waals surface area contributed by atoms with Crippen LogP contribution in [-0.2, 0) is 0 Å². The lowest BCUT2D eigenvalue weighted by Crippen LogP contribution is -2.06. The van der Waals surface area contributed by atoms with Gasteiger partial charge in [0.05, 0.1) is 0 Å². The number of ether oxygens (including phenoxy) is 2. The monoisotopic (exact) mass is 271 g/mol. The molecule has 0 saturated heterocycles. The maximum absolute atomic E-state index is 5.40. The average Bonchev–Trinajstić information content (AvgIpc) is 2.91. The number of nitrogens with one attached hydrogen (secondary N) is 1. The molecule has 5 nitrogen and oxygen atoms in total. The van der Waals surface area contributed by atoms with Crippen LogP contribution in [0, 0.1) is 13.8 Å². The van der Waals surface area contributed by atoms with Crippen LogP contribution in [0.25, 0.3) is 11.4 Å². The topological polar surface area (TPSA) is 56.3 Å². The fourth-order valence-electron chi connectivity index (χ4n) is 2.13. The fourth-order valence-corrected chi connectivity index (χ4v) is 2.13. The van der Waals surface area contributed by atoms with E-state index in [9.17, 15) is 0 Å². The zero-order valence-electron chi connectivity index (χ0n) is 11.9. The predicted octanol–water partition coefficient (Wildman–Crippen LogP) is 2.92. The van der Waals surface area contributed by atoms with Crippen LogP contribution in [0.15, 0.2) is 18.2 Å². The highest BCUT2D eigenvalue weighted by Crippen LogP contribution is 2.35. The number of aromatic nitrogens is 2. The van der Waals surface area contributed by atoms with Crippen LogP contribution < -0.4 is 14.8 Å². The number of benzene rings is 1. The molecule has 0 radical (unpaired) electrons. The second kappa shape index (κ2) is 5.00. The number of hydrogen-bond acceptors (Lipinski definition) is 5. The third kappa shape index (κ3) is 2.15. The summed E-state index contributed by atoms with van der Waals surface area (Å²) in [5.41, 5.74) is 2.98. The number of nitrogens with zero attached hydrogens (tertiary/aromatic N) is 2. The van der Waals surface area contributed by atoms with Gasteiger partial charge in [-0.3, -0.25) is 0 Å². The van der Waals surface area contributed by atoms with Crippen LogP contribution in [0.2, 0.25) is 0 Å². The highest BCUT2D eigenvalue weighted by Gasteiger charge is 2.16. The van der Waals surface area contributed by atoms with Gasteiger partial charge in [-0.25, -0.2) is 9.97 Å². The molecule has 0 saturated carbocycles. The SMILES string of the molecule is CCNc1nc(-c2ccc3c(c2)OCO3)nc(C)c1C. The number of aryl methyl sites for hydroxylation is 1. The van der Waals surface area contributed by atoms with Gasteiger partial charge in [-0.05, 0) is 39.0 Å². The van der Waals surface area contributed by atoms with Gasteiger partial charge in [0.15, 0.2) is 17.3 Å². The van der Waals surface area contributed by atoms with Crippen molar-refractivity contribution in [3.63, 3.8) is 0 Å². The Balaban J connectivity index is 2.05. The van der Waals surface area contributed by atoms with Gasteiger partial charge in [-0.2, -0.15) is 0 Å². The highest BCUT2D eigenvalue weighted by atomic mass is 16.7. The molecule has 20 heavy (non-hydrogen) atoms. The first kappa shape index (κ1) is 12.7. The van der Waals surface area contributed by atoms with Gasteiger partial charge in [-0.1, -0.05) is 0 Å². The molecule has 5 heteroatoms. The molecule has 1 aromatic heterocycles. The lowest BCUT2D eigenvalue weighted by molar-refractivity contribution is 0.174. The van der Waals surface area contributed by atoms with Crippen LogP contribution in [0.5, 0.6) is 11.5 Å². The minimum Gasteiger partial charge on any atom is -0.454 e. The van der Waals surface area contributed by atoms with Gasteiger partial charge >= 0.3 is 0 Å². The molecule has 0 spiro atoms. The molecule has 1 aliphatic heterocycles. The zero-order valence-corrected chi connectivity index (χ0v) is 11.9. The standard InChI is InChI=1S/C15H17N3O2/c1-4-16-14-9(2)10(3)17-15(18-14)11-5-6-12-13(7-11)20-8-19-12/h5-7H,4,8H2,1-3H3,(H,16,17,18). The molecule has 2 heterocycles. The van der Waals surface area contributed by atoms with E-state index >= 15 is 0 Å². The summed E-state index contributed by atoms with van der Waals surface area (Å²) in [7, 11) is 0. The zero-order chi connectivity index (χ0) is 14.1. The van der Waals surface area contributed by atoms with Crippen molar-refractivity contribution in [1.29, 1.82) is 0 Å². The minimum absolute atomic E-state index is 0.273. The van der Waals surface area contributed by atoms with Crippen molar-refractivity contribution in [2.75, 3.05) is 18.7 Å². The molecule has 0 bridgehead atoms. The number of hydrogen-bond donors (Lipinski definition) is 1. The summed E-state index contributed by atoms with van der Waals surface area (Å²) in [5, 5.41) is 3.27. The molecule has 0 fully saturated rings. The Morgan fingerprint density at radius 1 is 1.15 bits per heavy atom. The van der Waals surface area contributed by atoms with Gasteiger partial charge in [0.2, 0.25) is 6.79 Å². The second-order valence-electron chi connectivity index (χ2n) is 4.70. The van der Waals surface area contributed by atoms with Crippen molar-refractivity contribution in [3.05, 3.63) is 29.5 Å². The van der Waals surface area contributed by atoms with E-state index in [2.05, 4.69) is 22.2 Å². The van der Waals surface area contributed by atoms with E-state index < -0.39 is 0 Å². The van der Waals surface area contributed by atoms with Gasteiger partial charge in [-0.15, -0.1) is 0 Å². The largest absolute Gasteiger partial charge is 0.454 e. The number of anilines is 1. The average molecular weight is 271 g/mol. The van der Waals surface area contributed by atoms with Crippen molar-refractivity contribution in [2.45, 2.75) is 20.8 Å². The van der Waals surface area contributed by atoms with Crippen LogP contribution in [-0.4, -0.2) is 23.3 Å². The molecule has 3 rings (SSSR count). The lowest BCUT2D eigenvalue weighted by atomic mass is 10.1. The minimum atomic E-state index is 0.273. The second-order valence-corrected chi connectivity index (χ2v) is 4.70. The van der Waals surface area contributed by atoms with Gasteiger partial charge in [0.25, 0.3) is 0 Å². The van der Waals surface area contributed by atoms with Crippen LogP contribution in [0.4, 0.5) is 5.82 Å². The molecular weight excluding hydrogens is 254 g/mol. The first-order valence-corrected chi connectivity index (χ1v) is 6.68. The normalized spacial score (nSPS) is 12.6. The Kier molecular flexibility index (Phi) is 3.18. The van der Waals surface area contributed by atoms with Crippen molar-refractivity contribution in [1.82, 2.24) is 9.97 Å². The summed E-state index contributed by atoms with van der Waals surface area (Å²) in [6.45, 7) is 7.18. The van der Waals surface area contributed by atoms with E-state index in [0.717, 1.165) is 40.7 Å². The van der Waals surface area contributed by atoms with E-state index in [1.807, 2.05) is 32.0 Å². The Morgan fingerprint density at radius 2 is 1.95 bits per heavy atom. The molecular formula is C15H17N3O2. The summed E-state index contributed by atoms with van der Waals surface area (Å²) in [6, 6.07) is 5.76. The van der Waals surface area contributed by atoms with E-state index in [4.69, 9.17) is 9.47 Å². The Labute approximate surface area is 118 Å². The fraction of sp³-hybridized carbons (Fsp3) is 0.333.